The van der Waals surface area contributed by atoms with Gasteiger partial charge in [0.2, 0.25) is 0 Å². The highest BCUT2D eigenvalue weighted by Crippen LogP contribution is 2.23. The average Bonchev–Trinajstić information content (AvgIpc) is 2.88. The predicted molar refractivity (Wildman–Crippen MR) is 85.6 cm³/mol. The minimum Gasteiger partial charge on any atom is -0.387 e. The van der Waals surface area contributed by atoms with Crippen LogP contribution in [0.15, 0.2) is 24.3 Å². The van der Waals surface area contributed by atoms with Gasteiger partial charge in [-0.2, -0.15) is 0 Å². The summed E-state index contributed by atoms with van der Waals surface area (Å²) >= 11 is 0. The second-order valence-electron chi connectivity index (χ2n) is 6.50. The van der Waals surface area contributed by atoms with E-state index < -0.39 is 6.10 Å². The average molecular weight is 321 g/mol. The number of urea groups is 1. The van der Waals surface area contributed by atoms with E-state index in [1.54, 1.807) is 17.0 Å². The number of nitrogens with zero attached hydrogens (tertiary/aromatic N) is 3. The molecule has 2 aliphatic rings. The lowest BCUT2D eigenvalue weighted by Crippen LogP contribution is -2.47. The molecule has 0 saturated carbocycles. The number of halogens is 1. The van der Waals surface area contributed by atoms with Crippen LogP contribution in [0.25, 0.3) is 0 Å². The van der Waals surface area contributed by atoms with Crippen molar-refractivity contribution in [3.8, 4) is 0 Å². The zero-order valence-electron chi connectivity index (χ0n) is 13.5. The monoisotopic (exact) mass is 321 g/mol. The first-order valence-electron chi connectivity index (χ1n) is 8.22. The number of aliphatic hydroxyl groups is 1. The number of likely N-dealkylation sites (N-methyl/N-ethyl adjacent to an activating group) is 1. The summed E-state index contributed by atoms with van der Waals surface area (Å²) in [6.45, 7) is 3.82. The van der Waals surface area contributed by atoms with Gasteiger partial charge in [0, 0.05) is 45.8 Å². The first kappa shape index (κ1) is 16.2. The normalized spacial score (nSPS) is 22.0. The third-order valence-corrected chi connectivity index (χ3v) is 4.91. The minimum atomic E-state index is -0.679. The van der Waals surface area contributed by atoms with Crippen LogP contribution in [-0.4, -0.2) is 71.7 Å². The van der Waals surface area contributed by atoms with Gasteiger partial charge in [0.1, 0.15) is 5.82 Å². The molecule has 126 valence electrons. The molecule has 0 spiro atoms. The van der Waals surface area contributed by atoms with Gasteiger partial charge >= 0.3 is 6.03 Å². The zero-order chi connectivity index (χ0) is 16.4. The Bertz CT molecular complexity index is 561. The van der Waals surface area contributed by atoms with Gasteiger partial charge in [-0.3, -0.25) is 0 Å². The summed E-state index contributed by atoms with van der Waals surface area (Å²) in [4.78, 5) is 18.0. The maximum absolute atomic E-state index is 13.2. The van der Waals surface area contributed by atoms with Gasteiger partial charge < -0.3 is 19.8 Å². The Hall–Kier alpha value is -1.66. The van der Waals surface area contributed by atoms with Crippen LogP contribution in [0.3, 0.4) is 0 Å². The van der Waals surface area contributed by atoms with E-state index in [0.717, 1.165) is 39.0 Å². The lowest BCUT2D eigenvalue weighted by molar-refractivity contribution is 0.0786. The van der Waals surface area contributed by atoms with Crippen molar-refractivity contribution in [1.29, 1.82) is 0 Å². The van der Waals surface area contributed by atoms with Crippen LogP contribution in [0.4, 0.5) is 9.18 Å². The number of carbonyl (C=O) groups is 1. The highest BCUT2D eigenvalue weighted by Gasteiger charge is 2.33. The molecule has 2 heterocycles. The smallest absolute Gasteiger partial charge is 0.320 e. The van der Waals surface area contributed by atoms with Crippen LogP contribution in [0.2, 0.25) is 0 Å². The van der Waals surface area contributed by atoms with Gasteiger partial charge in [-0.15, -0.1) is 0 Å². The van der Waals surface area contributed by atoms with Crippen molar-refractivity contribution < 1.29 is 14.3 Å². The molecule has 0 radical (unpaired) electrons. The lowest BCUT2D eigenvalue weighted by Gasteiger charge is -2.37. The summed E-state index contributed by atoms with van der Waals surface area (Å²) in [6.07, 6.45) is 1.17. The van der Waals surface area contributed by atoms with E-state index in [2.05, 4.69) is 4.90 Å². The van der Waals surface area contributed by atoms with E-state index in [9.17, 15) is 14.3 Å². The number of β-amino-alcohol motifs (C(OH)–C–C–N with tert-alkyl or cyclic N) is 1. The summed E-state index contributed by atoms with van der Waals surface area (Å²) in [5.41, 5.74) is 0.614. The van der Waals surface area contributed by atoms with E-state index in [4.69, 9.17) is 0 Å². The quantitative estimate of drug-likeness (QED) is 0.918. The van der Waals surface area contributed by atoms with Crippen molar-refractivity contribution in [1.82, 2.24) is 14.7 Å². The zero-order valence-corrected chi connectivity index (χ0v) is 13.5. The number of carbonyl (C=O) groups excluding carboxylic acids is 1. The Morgan fingerprint density at radius 2 is 2.00 bits per heavy atom. The molecule has 2 fully saturated rings. The fourth-order valence-electron chi connectivity index (χ4n) is 3.48. The predicted octanol–water partition coefficient (Wildman–Crippen LogP) is 1.69. The minimum absolute atomic E-state index is 0.128. The third-order valence-electron chi connectivity index (χ3n) is 4.91. The van der Waals surface area contributed by atoms with Crippen molar-refractivity contribution >= 4 is 6.03 Å². The molecular formula is C17H24FN3O2. The molecular weight excluding hydrogens is 297 g/mol. The first-order chi connectivity index (χ1) is 11.0. The molecule has 1 aromatic rings. The van der Waals surface area contributed by atoms with E-state index in [0.29, 0.717) is 18.2 Å². The van der Waals surface area contributed by atoms with Crippen LogP contribution in [-0.2, 0) is 0 Å². The Morgan fingerprint density at radius 1 is 1.26 bits per heavy atom. The van der Waals surface area contributed by atoms with E-state index in [1.807, 2.05) is 11.9 Å². The highest BCUT2D eigenvalue weighted by atomic mass is 19.1. The molecule has 0 aromatic heterocycles. The number of hydrogen-bond donors (Lipinski definition) is 1. The summed E-state index contributed by atoms with van der Waals surface area (Å²) in [5, 5.41) is 10.3. The Kier molecular flexibility index (Phi) is 4.82. The van der Waals surface area contributed by atoms with Gasteiger partial charge in [0.25, 0.3) is 0 Å². The molecule has 0 aliphatic carbocycles. The van der Waals surface area contributed by atoms with Crippen molar-refractivity contribution in [2.24, 2.45) is 0 Å². The SMILES string of the molecule is CN1CCN(C2CCN(C[C@H](O)c3cccc(F)c3)CC2)C1=O. The maximum atomic E-state index is 13.2. The Morgan fingerprint density at radius 3 is 2.61 bits per heavy atom. The molecule has 0 bridgehead atoms. The molecule has 6 heteroatoms. The van der Waals surface area contributed by atoms with Gasteiger partial charge in [0.15, 0.2) is 0 Å². The number of rotatable bonds is 4. The molecule has 2 aliphatic heterocycles. The fraction of sp³-hybridized carbons (Fsp3) is 0.588. The molecule has 0 unspecified atom stereocenters. The maximum Gasteiger partial charge on any atom is 0.320 e. The number of hydrogen-bond acceptors (Lipinski definition) is 3. The third kappa shape index (κ3) is 3.64. The topological polar surface area (TPSA) is 47.0 Å². The summed E-state index contributed by atoms with van der Waals surface area (Å²) in [5.74, 6) is -0.322. The van der Waals surface area contributed by atoms with E-state index >= 15 is 0 Å². The summed E-state index contributed by atoms with van der Waals surface area (Å²) in [6, 6.07) is 6.56. The van der Waals surface area contributed by atoms with Crippen molar-refractivity contribution in [2.45, 2.75) is 25.0 Å². The van der Waals surface area contributed by atoms with Crippen LogP contribution in [0.5, 0.6) is 0 Å². The molecule has 1 aromatic carbocycles. The molecule has 2 amide bonds. The van der Waals surface area contributed by atoms with Gasteiger partial charge in [-0.25, -0.2) is 9.18 Å². The van der Waals surface area contributed by atoms with Crippen LogP contribution in [0.1, 0.15) is 24.5 Å². The molecule has 3 rings (SSSR count). The Labute approximate surface area is 136 Å². The van der Waals surface area contributed by atoms with Gasteiger partial charge in [0.05, 0.1) is 6.10 Å². The van der Waals surface area contributed by atoms with Crippen LogP contribution in [0, 0.1) is 5.82 Å². The van der Waals surface area contributed by atoms with Crippen molar-refractivity contribution in [2.75, 3.05) is 39.8 Å². The van der Waals surface area contributed by atoms with E-state index in [1.165, 1.54) is 12.1 Å². The summed E-state index contributed by atoms with van der Waals surface area (Å²) in [7, 11) is 1.84. The first-order valence-corrected chi connectivity index (χ1v) is 8.22. The number of likely N-dealkylation sites (tertiary alicyclic amines) is 1. The standard InChI is InChI=1S/C17H24FN3O2/c1-19-9-10-21(17(19)23)15-5-7-20(8-6-15)12-16(22)13-3-2-4-14(18)11-13/h2-4,11,15-16,22H,5-10,12H2,1H3/t16-/m0/s1. The second kappa shape index (κ2) is 6.84. The van der Waals surface area contributed by atoms with Crippen LogP contribution < -0.4 is 0 Å². The number of amides is 2. The number of benzene rings is 1. The number of aliphatic hydroxyl groups excluding tert-OH is 1. The van der Waals surface area contributed by atoms with E-state index in [-0.39, 0.29) is 11.8 Å². The molecule has 5 nitrogen and oxygen atoms in total. The van der Waals surface area contributed by atoms with Crippen molar-refractivity contribution in [3.63, 3.8) is 0 Å². The fourth-order valence-corrected chi connectivity index (χ4v) is 3.48. The second-order valence-corrected chi connectivity index (χ2v) is 6.50. The van der Waals surface area contributed by atoms with Gasteiger partial charge in [-0.05, 0) is 30.5 Å². The van der Waals surface area contributed by atoms with Gasteiger partial charge in [-0.1, -0.05) is 12.1 Å². The molecule has 1 atom stereocenters. The highest BCUT2D eigenvalue weighted by molar-refractivity contribution is 5.76. The molecule has 1 N–H and O–H groups in total. The van der Waals surface area contributed by atoms with Crippen LogP contribution >= 0.6 is 0 Å². The number of piperidine rings is 1. The Balaban J connectivity index is 1.50. The molecule has 23 heavy (non-hydrogen) atoms. The lowest BCUT2D eigenvalue weighted by atomic mass is 10.0. The molecule has 2 saturated heterocycles. The largest absolute Gasteiger partial charge is 0.387 e. The summed E-state index contributed by atoms with van der Waals surface area (Å²) < 4.78 is 13.2. The van der Waals surface area contributed by atoms with Crippen molar-refractivity contribution in [3.05, 3.63) is 35.6 Å².